The zero-order valence-corrected chi connectivity index (χ0v) is 12.6. The SMILES string of the molecule is CCC(NC(=O)OC(C)(C)C)C(=O)ON1C(=O)CCC1=O. The van der Waals surface area contributed by atoms with Crippen molar-refractivity contribution in [2.45, 2.75) is 58.6 Å². The Morgan fingerprint density at radius 2 is 1.76 bits per heavy atom. The molecule has 1 aliphatic heterocycles. The Kier molecular flexibility index (Phi) is 5.28. The topological polar surface area (TPSA) is 102 Å². The summed E-state index contributed by atoms with van der Waals surface area (Å²) >= 11 is 0. The molecule has 1 N–H and O–H groups in total. The van der Waals surface area contributed by atoms with Crippen LogP contribution >= 0.6 is 0 Å². The van der Waals surface area contributed by atoms with E-state index in [-0.39, 0.29) is 19.3 Å². The van der Waals surface area contributed by atoms with E-state index in [4.69, 9.17) is 9.57 Å². The van der Waals surface area contributed by atoms with E-state index in [2.05, 4.69) is 5.32 Å². The first-order valence-corrected chi connectivity index (χ1v) is 6.71. The number of carbonyl (C=O) groups is 4. The number of nitrogens with zero attached hydrogens (tertiary/aromatic N) is 1. The minimum absolute atomic E-state index is 0.0163. The summed E-state index contributed by atoms with van der Waals surface area (Å²) in [5.74, 6) is -2.02. The molecule has 0 spiro atoms. The van der Waals surface area contributed by atoms with Gasteiger partial charge in [-0.1, -0.05) is 6.92 Å². The van der Waals surface area contributed by atoms with Gasteiger partial charge in [0.15, 0.2) is 0 Å². The third-order valence-corrected chi connectivity index (χ3v) is 2.57. The van der Waals surface area contributed by atoms with Gasteiger partial charge < -0.3 is 14.9 Å². The lowest BCUT2D eigenvalue weighted by Gasteiger charge is -2.23. The van der Waals surface area contributed by atoms with Gasteiger partial charge in [-0.25, -0.2) is 9.59 Å². The van der Waals surface area contributed by atoms with Gasteiger partial charge in [-0.15, -0.1) is 5.06 Å². The zero-order valence-electron chi connectivity index (χ0n) is 12.6. The number of rotatable bonds is 4. The molecule has 0 bridgehead atoms. The van der Waals surface area contributed by atoms with Crippen LogP contribution in [0.15, 0.2) is 0 Å². The highest BCUT2D eigenvalue weighted by atomic mass is 16.7. The molecule has 1 aliphatic rings. The van der Waals surface area contributed by atoms with Gasteiger partial charge in [-0.3, -0.25) is 9.59 Å². The summed E-state index contributed by atoms with van der Waals surface area (Å²) in [5.41, 5.74) is -0.701. The molecule has 1 fully saturated rings. The second kappa shape index (κ2) is 6.55. The van der Waals surface area contributed by atoms with Crippen molar-refractivity contribution in [2.24, 2.45) is 0 Å². The molecule has 0 saturated carbocycles. The number of ether oxygens (including phenoxy) is 1. The summed E-state index contributed by atoms with van der Waals surface area (Å²) in [4.78, 5) is 51.0. The van der Waals surface area contributed by atoms with Crippen LogP contribution in [0.4, 0.5) is 4.79 Å². The monoisotopic (exact) mass is 300 g/mol. The molecule has 1 atom stereocenters. The first-order chi connectivity index (χ1) is 9.64. The van der Waals surface area contributed by atoms with Crippen LogP contribution in [0.5, 0.6) is 0 Å². The summed E-state index contributed by atoms with van der Waals surface area (Å²) in [6, 6.07) is -0.999. The van der Waals surface area contributed by atoms with E-state index in [0.717, 1.165) is 0 Å². The molecule has 1 saturated heterocycles. The molecule has 0 aromatic carbocycles. The fraction of sp³-hybridized carbons (Fsp3) is 0.692. The summed E-state index contributed by atoms with van der Waals surface area (Å²) in [6.45, 7) is 6.71. The van der Waals surface area contributed by atoms with Crippen LogP contribution in [-0.4, -0.2) is 40.6 Å². The van der Waals surface area contributed by atoms with Gasteiger partial charge in [0.05, 0.1) is 0 Å². The number of carbonyl (C=O) groups excluding carboxylic acids is 4. The molecular weight excluding hydrogens is 280 g/mol. The Morgan fingerprint density at radius 1 is 1.24 bits per heavy atom. The highest BCUT2D eigenvalue weighted by molar-refractivity contribution is 6.01. The van der Waals surface area contributed by atoms with Crippen LogP contribution in [-0.2, 0) is 24.0 Å². The second-order valence-corrected chi connectivity index (χ2v) is 5.60. The molecule has 0 radical (unpaired) electrons. The number of hydrogen-bond acceptors (Lipinski definition) is 6. The number of nitrogens with one attached hydrogen (secondary N) is 1. The molecular formula is C13H20N2O6. The summed E-state index contributed by atoms with van der Waals surface area (Å²) in [5, 5.41) is 2.79. The van der Waals surface area contributed by atoms with Gasteiger partial charge in [-0.2, -0.15) is 0 Å². The fourth-order valence-corrected chi connectivity index (χ4v) is 1.59. The zero-order chi connectivity index (χ0) is 16.2. The van der Waals surface area contributed by atoms with E-state index < -0.39 is 35.5 Å². The molecule has 0 aromatic heterocycles. The van der Waals surface area contributed by atoms with Crippen LogP contribution in [0.1, 0.15) is 47.0 Å². The van der Waals surface area contributed by atoms with Gasteiger partial charge >= 0.3 is 12.1 Å². The van der Waals surface area contributed by atoms with Crippen LogP contribution in [0.2, 0.25) is 0 Å². The van der Waals surface area contributed by atoms with Gasteiger partial charge in [0, 0.05) is 12.8 Å². The predicted molar refractivity (Wildman–Crippen MR) is 70.6 cm³/mol. The second-order valence-electron chi connectivity index (χ2n) is 5.60. The number of alkyl carbamates (subject to hydrolysis) is 1. The largest absolute Gasteiger partial charge is 0.444 e. The van der Waals surface area contributed by atoms with Crippen LogP contribution in [0.3, 0.4) is 0 Å². The first kappa shape index (κ1) is 16.9. The van der Waals surface area contributed by atoms with E-state index in [0.29, 0.717) is 5.06 Å². The maximum absolute atomic E-state index is 11.9. The molecule has 1 unspecified atom stereocenters. The number of imide groups is 1. The third kappa shape index (κ3) is 5.05. The van der Waals surface area contributed by atoms with Crippen LogP contribution < -0.4 is 5.32 Å². The van der Waals surface area contributed by atoms with Crippen molar-refractivity contribution in [2.75, 3.05) is 0 Å². The van der Waals surface area contributed by atoms with Crippen molar-refractivity contribution in [1.82, 2.24) is 10.4 Å². The van der Waals surface area contributed by atoms with E-state index in [1.807, 2.05) is 0 Å². The Morgan fingerprint density at radius 3 is 2.19 bits per heavy atom. The minimum atomic E-state index is -0.999. The van der Waals surface area contributed by atoms with Gasteiger partial charge in [0.25, 0.3) is 11.8 Å². The van der Waals surface area contributed by atoms with E-state index in [9.17, 15) is 19.2 Å². The fourth-order valence-electron chi connectivity index (χ4n) is 1.59. The van der Waals surface area contributed by atoms with Crippen LogP contribution in [0.25, 0.3) is 0 Å². The van der Waals surface area contributed by atoms with Crippen LogP contribution in [0, 0.1) is 0 Å². The van der Waals surface area contributed by atoms with Crippen molar-refractivity contribution in [3.63, 3.8) is 0 Å². The number of amides is 3. The molecule has 0 aromatic rings. The highest BCUT2D eigenvalue weighted by Crippen LogP contribution is 2.13. The van der Waals surface area contributed by atoms with Gasteiger partial charge in [-0.05, 0) is 27.2 Å². The maximum Gasteiger partial charge on any atom is 0.408 e. The Hall–Kier alpha value is -2.12. The quantitative estimate of drug-likeness (QED) is 0.774. The van der Waals surface area contributed by atoms with Crippen molar-refractivity contribution in [3.8, 4) is 0 Å². The average molecular weight is 300 g/mol. The van der Waals surface area contributed by atoms with Crippen molar-refractivity contribution in [3.05, 3.63) is 0 Å². The molecule has 8 heteroatoms. The summed E-state index contributed by atoms with van der Waals surface area (Å²) < 4.78 is 5.03. The number of hydrogen-bond donors (Lipinski definition) is 1. The molecule has 118 valence electrons. The highest BCUT2D eigenvalue weighted by Gasteiger charge is 2.35. The molecule has 1 rings (SSSR count). The number of hydroxylamine groups is 2. The smallest absolute Gasteiger partial charge is 0.408 e. The standard InChI is InChI=1S/C13H20N2O6/c1-5-8(14-12(19)20-13(2,3)4)11(18)21-15-9(16)6-7-10(15)17/h8H,5-7H2,1-4H3,(H,14,19). The van der Waals surface area contributed by atoms with E-state index in [1.165, 1.54) is 0 Å². The van der Waals surface area contributed by atoms with E-state index >= 15 is 0 Å². The van der Waals surface area contributed by atoms with Crippen molar-refractivity contribution >= 4 is 23.9 Å². The van der Waals surface area contributed by atoms with E-state index in [1.54, 1.807) is 27.7 Å². The normalized spacial score (nSPS) is 16.7. The van der Waals surface area contributed by atoms with Gasteiger partial charge in [0.2, 0.25) is 0 Å². The Balaban J connectivity index is 2.59. The average Bonchev–Trinajstić information content (AvgIpc) is 2.65. The Bertz CT molecular complexity index is 438. The molecule has 8 nitrogen and oxygen atoms in total. The predicted octanol–water partition coefficient (Wildman–Crippen LogP) is 0.897. The first-order valence-electron chi connectivity index (χ1n) is 6.71. The molecule has 1 heterocycles. The molecule has 0 aliphatic carbocycles. The lowest BCUT2D eigenvalue weighted by molar-refractivity contribution is -0.199. The third-order valence-electron chi connectivity index (χ3n) is 2.57. The molecule has 3 amide bonds. The Labute approximate surface area is 122 Å². The summed E-state index contributed by atoms with van der Waals surface area (Å²) in [6.07, 6.45) is -0.510. The lowest BCUT2D eigenvalue weighted by Crippen LogP contribution is -2.46. The van der Waals surface area contributed by atoms with Crippen molar-refractivity contribution in [1.29, 1.82) is 0 Å². The van der Waals surface area contributed by atoms with Gasteiger partial charge in [0.1, 0.15) is 11.6 Å². The summed E-state index contributed by atoms with van der Waals surface area (Å²) in [7, 11) is 0. The lowest BCUT2D eigenvalue weighted by atomic mass is 10.2. The maximum atomic E-state index is 11.9. The van der Waals surface area contributed by atoms with Crippen molar-refractivity contribution < 1.29 is 28.8 Å². The minimum Gasteiger partial charge on any atom is -0.444 e. The molecule has 21 heavy (non-hydrogen) atoms.